The molecule has 1 heterocycles. The summed E-state index contributed by atoms with van der Waals surface area (Å²) in [6.45, 7) is 2.41. The van der Waals surface area contributed by atoms with Crippen LogP contribution in [-0.4, -0.2) is 60.8 Å². The van der Waals surface area contributed by atoms with Gasteiger partial charge in [0.1, 0.15) is 5.82 Å². The summed E-state index contributed by atoms with van der Waals surface area (Å²) in [5.41, 5.74) is 0.0962. The third kappa shape index (κ3) is 4.52. The first kappa shape index (κ1) is 21.9. The molecule has 0 aromatic heterocycles. The quantitative estimate of drug-likeness (QED) is 0.311. The van der Waals surface area contributed by atoms with Crippen LogP contribution < -0.4 is 4.90 Å². The van der Waals surface area contributed by atoms with E-state index in [0.717, 1.165) is 19.2 Å². The van der Waals surface area contributed by atoms with Crippen molar-refractivity contribution >= 4 is 29.0 Å². The van der Waals surface area contributed by atoms with E-state index in [1.165, 1.54) is 30.0 Å². The number of methoxy groups -OCH3 is 1. The standard InChI is InChI=1S/C21H20FN3O6/c1-13(26)14-3-6-19(18(22)11-14)23-7-9-24(10-8-23)20(27)17-12-15(25(29)30)4-5-16(17)21(28)31-2/h3-6,11-12H,7-10H2,1-2H3. The lowest BCUT2D eigenvalue weighted by molar-refractivity contribution is -0.384. The number of hydrogen-bond donors (Lipinski definition) is 0. The average molecular weight is 429 g/mol. The normalized spacial score (nSPS) is 13.6. The average Bonchev–Trinajstić information content (AvgIpc) is 2.77. The number of non-ortho nitro benzene ring substituents is 1. The number of anilines is 1. The van der Waals surface area contributed by atoms with Gasteiger partial charge in [0.05, 0.1) is 28.8 Å². The number of carbonyl (C=O) groups excluding carboxylic acids is 3. The van der Waals surface area contributed by atoms with Crippen LogP contribution in [0.25, 0.3) is 0 Å². The Balaban J connectivity index is 1.79. The number of nitro groups is 1. The minimum absolute atomic E-state index is 0.0635. The smallest absolute Gasteiger partial charge is 0.338 e. The third-order valence-corrected chi connectivity index (χ3v) is 5.11. The van der Waals surface area contributed by atoms with Gasteiger partial charge in [0, 0.05) is 43.9 Å². The minimum atomic E-state index is -0.774. The van der Waals surface area contributed by atoms with Crippen LogP contribution in [0.5, 0.6) is 0 Å². The summed E-state index contributed by atoms with van der Waals surface area (Å²) in [4.78, 5) is 50.1. The Bertz CT molecular complexity index is 1060. The van der Waals surface area contributed by atoms with Crippen molar-refractivity contribution < 1.29 is 28.4 Å². The number of benzene rings is 2. The van der Waals surface area contributed by atoms with E-state index >= 15 is 0 Å². The molecule has 9 nitrogen and oxygen atoms in total. The van der Waals surface area contributed by atoms with E-state index in [-0.39, 0.29) is 41.3 Å². The zero-order valence-electron chi connectivity index (χ0n) is 17.0. The number of halogens is 1. The number of rotatable bonds is 5. The molecule has 0 N–H and O–H groups in total. The largest absolute Gasteiger partial charge is 0.465 e. The van der Waals surface area contributed by atoms with Gasteiger partial charge in [0.15, 0.2) is 5.78 Å². The van der Waals surface area contributed by atoms with Crippen LogP contribution in [-0.2, 0) is 4.74 Å². The van der Waals surface area contributed by atoms with E-state index in [0.29, 0.717) is 18.8 Å². The number of hydrogen-bond acceptors (Lipinski definition) is 7. The number of nitro benzene ring substituents is 1. The third-order valence-electron chi connectivity index (χ3n) is 5.11. The maximum Gasteiger partial charge on any atom is 0.338 e. The first-order valence-electron chi connectivity index (χ1n) is 9.44. The molecule has 0 saturated carbocycles. The molecule has 2 aromatic rings. The fourth-order valence-corrected chi connectivity index (χ4v) is 3.41. The Hall–Kier alpha value is -3.82. The fraction of sp³-hybridized carbons (Fsp3) is 0.286. The molecule has 1 aliphatic rings. The molecule has 0 unspecified atom stereocenters. The number of esters is 1. The highest BCUT2D eigenvalue weighted by Gasteiger charge is 2.28. The van der Waals surface area contributed by atoms with Crippen molar-refractivity contribution in [2.45, 2.75) is 6.92 Å². The second-order valence-electron chi connectivity index (χ2n) is 6.98. The van der Waals surface area contributed by atoms with Gasteiger partial charge in [0.2, 0.25) is 0 Å². The van der Waals surface area contributed by atoms with Gasteiger partial charge >= 0.3 is 5.97 Å². The predicted octanol–water partition coefficient (Wildman–Crippen LogP) is 2.69. The minimum Gasteiger partial charge on any atom is -0.465 e. The van der Waals surface area contributed by atoms with E-state index in [2.05, 4.69) is 4.74 Å². The lowest BCUT2D eigenvalue weighted by Gasteiger charge is -2.36. The van der Waals surface area contributed by atoms with Crippen LogP contribution >= 0.6 is 0 Å². The van der Waals surface area contributed by atoms with Crippen LogP contribution in [0.3, 0.4) is 0 Å². The Kier molecular flexibility index (Phi) is 6.28. The van der Waals surface area contributed by atoms with Crippen LogP contribution in [0.2, 0.25) is 0 Å². The van der Waals surface area contributed by atoms with E-state index in [1.54, 1.807) is 11.0 Å². The number of piperazine rings is 1. The highest BCUT2D eigenvalue weighted by atomic mass is 19.1. The summed E-state index contributed by atoms with van der Waals surface area (Å²) in [5.74, 6) is -2.08. The van der Waals surface area contributed by atoms with E-state index < -0.39 is 22.6 Å². The molecule has 1 saturated heterocycles. The Morgan fingerprint density at radius 1 is 1.03 bits per heavy atom. The zero-order chi connectivity index (χ0) is 22.7. The van der Waals surface area contributed by atoms with E-state index in [9.17, 15) is 28.9 Å². The molecular formula is C21H20FN3O6. The van der Waals surface area contributed by atoms with Gasteiger partial charge < -0.3 is 14.5 Å². The Morgan fingerprint density at radius 3 is 2.26 bits per heavy atom. The molecule has 31 heavy (non-hydrogen) atoms. The van der Waals surface area contributed by atoms with Gasteiger partial charge in [-0.15, -0.1) is 0 Å². The number of ether oxygens (including phenoxy) is 1. The zero-order valence-corrected chi connectivity index (χ0v) is 17.0. The molecular weight excluding hydrogens is 409 g/mol. The highest BCUT2D eigenvalue weighted by Crippen LogP contribution is 2.24. The number of Topliss-reactive ketones (excluding diaryl/α,β-unsaturated/α-hetero) is 1. The molecule has 2 aromatic carbocycles. The van der Waals surface area contributed by atoms with Crippen LogP contribution in [0, 0.1) is 15.9 Å². The summed E-state index contributed by atoms with van der Waals surface area (Å²) < 4.78 is 19.1. The first-order chi connectivity index (χ1) is 14.7. The SMILES string of the molecule is COC(=O)c1ccc([N+](=O)[O-])cc1C(=O)N1CCN(c2ccc(C(C)=O)cc2F)CC1. The summed E-state index contributed by atoms with van der Waals surface area (Å²) in [6.07, 6.45) is 0. The lowest BCUT2D eigenvalue weighted by atomic mass is 10.0. The molecule has 0 atom stereocenters. The maximum absolute atomic E-state index is 14.4. The maximum atomic E-state index is 14.4. The summed E-state index contributed by atoms with van der Waals surface area (Å²) >= 11 is 0. The van der Waals surface area contributed by atoms with E-state index in [1.807, 2.05) is 0 Å². The number of nitrogens with zero attached hydrogens (tertiary/aromatic N) is 3. The first-order valence-corrected chi connectivity index (χ1v) is 9.44. The summed E-state index contributed by atoms with van der Waals surface area (Å²) in [5, 5.41) is 11.1. The molecule has 1 amide bonds. The van der Waals surface area contributed by atoms with E-state index in [4.69, 9.17) is 0 Å². The van der Waals surface area contributed by atoms with Crippen molar-refractivity contribution in [1.29, 1.82) is 0 Å². The van der Waals surface area contributed by atoms with Crippen molar-refractivity contribution in [3.05, 3.63) is 69.0 Å². The summed E-state index contributed by atoms with van der Waals surface area (Å²) in [7, 11) is 1.16. The number of ketones is 1. The monoisotopic (exact) mass is 429 g/mol. The summed E-state index contributed by atoms with van der Waals surface area (Å²) in [6, 6.07) is 7.64. The van der Waals surface area contributed by atoms with Crippen molar-refractivity contribution in [2.75, 3.05) is 38.2 Å². The van der Waals surface area contributed by atoms with Crippen molar-refractivity contribution in [3.63, 3.8) is 0 Å². The Morgan fingerprint density at radius 2 is 1.71 bits per heavy atom. The molecule has 162 valence electrons. The van der Waals surface area contributed by atoms with Gasteiger partial charge in [-0.1, -0.05) is 0 Å². The molecule has 3 rings (SSSR count). The van der Waals surface area contributed by atoms with Gasteiger partial charge in [-0.25, -0.2) is 9.18 Å². The lowest BCUT2D eigenvalue weighted by Crippen LogP contribution is -2.49. The topological polar surface area (TPSA) is 110 Å². The van der Waals surface area contributed by atoms with Crippen molar-refractivity contribution in [1.82, 2.24) is 4.90 Å². The molecule has 0 radical (unpaired) electrons. The molecule has 10 heteroatoms. The van der Waals surface area contributed by atoms with Crippen molar-refractivity contribution in [3.8, 4) is 0 Å². The second kappa shape index (κ2) is 8.90. The van der Waals surface area contributed by atoms with Gasteiger partial charge in [0.25, 0.3) is 11.6 Å². The number of amides is 1. The van der Waals surface area contributed by atoms with Gasteiger partial charge in [-0.2, -0.15) is 0 Å². The second-order valence-corrected chi connectivity index (χ2v) is 6.98. The fourth-order valence-electron chi connectivity index (χ4n) is 3.41. The molecule has 1 fully saturated rings. The molecule has 0 spiro atoms. The molecule has 0 aliphatic carbocycles. The number of carbonyl (C=O) groups is 3. The highest BCUT2D eigenvalue weighted by molar-refractivity contribution is 6.06. The van der Waals surface area contributed by atoms with Gasteiger partial charge in [-0.05, 0) is 31.2 Å². The van der Waals surface area contributed by atoms with Gasteiger partial charge in [-0.3, -0.25) is 19.7 Å². The van der Waals surface area contributed by atoms with Crippen LogP contribution in [0.1, 0.15) is 38.0 Å². The van der Waals surface area contributed by atoms with Crippen molar-refractivity contribution in [2.24, 2.45) is 0 Å². The molecule has 1 aliphatic heterocycles. The molecule has 0 bridgehead atoms. The van der Waals surface area contributed by atoms with Crippen LogP contribution in [0.15, 0.2) is 36.4 Å². The Labute approximate surface area is 177 Å². The van der Waals surface area contributed by atoms with Crippen LogP contribution in [0.4, 0.5) is 15.8 Å². The predicted molar refractivity (Wildman–Crippen MR) is 109 cm³/mol.